The van der Waals surface area contributed by atoms with Gasteiger partial charge in [-0.1, -0.05) is 26.7 Å². The molecule has 0 aliphatic heterocycles. The zero-order chi connectivity index (χ0) is 11.3. The van der Waals surface area contributed by atoms with E-state index in [1.807, 2.05) is 24.0 Å². The van der Waals surface area contributed by atoms with Crippen molar-refractivity contribution in [3.8, 4) is 0 Å². The molecular formula is C11H22N4. The van der Waals surface area contributed by atoms with Crippen molar-refractivity contribution in [2.45, 2.75) is 39.2 Å². The minimum atomic E-state index is 0.219. The van der Waals surface area contributed by atoms with Crippen LogP contribution in [0, 0.1) is 5.92 Å². The molecule has 0 amide bonds. The molecule has 1 aromatic heterocycles. The second-order valence-corrected chi connectivity index (χ2v) is 4.42. The third kappa shape index (κ3) is 3.64. The number of nitrogens with two attached hydrogens (primary N) is 1. The third-order valence-corrected chi connectivity index (χ3v) is 2.69. The molecule has 0 fully saturated rings. The fourth-order valence-corrected chi connectivity index (χ4v) is 1.77. The van der Waals surface area contributed by atoms with Gasteiger partial charge in [0, 0.05) is 13.2 Å². The smallest absolute Gasteiger partial charge is 0.0628 e. The molecule has 0 spiro atoms. The molecule has 15 heavy (non-hydrogen) atoms. The summed E-state index contributed by atoms with van der Waals surface area (Å²) in [4.78, 5) is 0. The van der Waals surface area contributed by atoms with Crippen LogP contribution in [0.4, 0.5) is 0 Å². The standard InChI is InChI=1S/C11H22N4/c1-9(2)5-4-6-10(14-12)11-7-8-13-15(11)3/h7-10,14H,4-6,12H2,1-3H3. The van der Waals surface area contributed by atoms with Gasteiger partial charge < -0.3 is 0 Å². The van der Waals surface area contributed by atoms with Crippen molar-refractivity contribution in [3.63, 3.8) is 0 Å². The predicted molar refractivity (Wildman–Crippen MR) is 62.0 cm³/mol. The minimum Gasteiger partial charge on any atom is -0.271 e. The van der Waals surface area contributed by atoms with Crippen molar-refractivity contribution >= 4 is 0 Å². The molecule has 0 saturated carbocycles. The van der Waals surface area contributed by atoms with E-state index >= 15 is 0 Å². The number of hydrogen-bond donors (Lipinski definition) is 2. The minimum absolute atomic E-state index is 0.219. The Morgan fingerprint density at radius 1 is 1.47 bits per heavy atom. The second-order valence-electron chi connectivity index (χ2n) is 4.42. The maximum Gasteiger partial charge on any atom is 0.0628 e. The summed E-state index contributed by atoms with van der Waals surface area (Å²) in [6.45, 7) is 4.49. The van der Waals surface area contributed by atoms with Crippen molar-refractivity contribution in [1.82, 2.24) is 15.2 Å². The number of hydrazine groups is 1. The molecule has 0 aliphatic carbocycles. The van der Waals surface area contributed by atoms with E-state index in [0.717, 1.165) is 18.0 Å². The maximum absolute atomic E-state index is 5.56. The third-order valence-electron chi connectivity index (χ3n) is 2.69. The van der Waals surface area contributed by atoms with Gasteiger partial charge in [-0.3, -0.25) is 16.0 Å². The van der Waals surface area contributed by atoms with Crippen LogP contribution in [0.5, 0.6) is 0 Å². The second kappa shape index (κ2) is 5.88. The molecule has 0 aliphatic rings. The number of nitrogens with one attached hydrogen (secondary N) is 1. The van der Waals surface area contributed by atoms with Gasteiger partial charge in [0.15, 0.2) is 0 Å². The normalized spacial score (nSPS) is 13.4. The average molecular weight is 210 g/mol. The molecular weight excluding hydrogens is 188 g/mol. The lowest BCUT2D eigenvalue weighted by atomic mass is 10.0. The molecule has 0 bridgehead atoms. The molecule has 4 nitrogen and oxygen atoms in total. The van der Waals surface area contributed by atoms with Crippen LogP contribution in [0.25, 0.3) is 0 Å². The van der Waals surface area contributed by atoms with Gasteiger partial charge in [0.05, 0.1) is 11.7 Å². The lowest BCUT2D eigenvalue weighted by molar-refractivity contribution is 0.435. The highest BCUT2D eigenvalue weighted by molar-refractivity contribution is 5.05. The summed E-state index contributed by atoms with van der Waals surface area (Å²) >= 11 is 0. The number of aryl methyl sites for hydroxylation is 1. The van der Waals surface area contributed by atoms with Crippen molar-refractivity contribution in [3.05, 3.63) is 18.0 Å². The number of hydrogen-bond acceptors (Lipinski definition) is 3. The summed E-state index contributed by atoms with van der Waals surface area (Å²) in [5.41, 5.74) is 4.01. The molecule has 1 aromatic rings. The Morgan fingerprint density at radius 2 is 2.20 bits per heavy atom. The van der Waals surface area contributed by atoms with Gasteiger partial charge in [0.2, 0.25) is 0 Å². The highest BCUT2D eigenvalue weighted by Crippen LogP contribution is 2.19. The Morgan fingerprint density at radius 3 is 2.67 bits per heavy atom. The molecule has 1 heterocycles. The molecule has 1 rings (SSSR count). The molecule has 3 N–H and O–H groups in total. The Balaban J connectivity index is 2.46. The van der Waals surface area contributed by atoms with E-state index in [1.165, 1.54) is 12.8 Å². The fourth-order valence-electron chi connectivity index (χ4n) is 1.77. The first-order chi connectivity index (χ1) is 7.15. The lowest BCUT2D eigenvalue weighted by Crippen LogP contribution is -2.29. The summed E-state index contributed by atoms with van der Waals surface area (Å²) < 4.78 is 1.87. The van der Waals surface area contributed by atoms with Crippen LogP contribution in [-0.4, -0.2) is 9.78 Å². The number of aromatic nitrogens is 2. The SMILES string of the molecule is CC(C)CCCC(NN)c1ccnn1C. The largest absolute Gasteiger partial charge is 0.271 e. The Kier molecular flexibility index (Phi) is 4.78. The molecule has 4 heteroatoms. The molecule has 1 unspecified atom stereocenters. The fraction of sp³-hybridized carbons (Fsp3) is 0.727. The van der Waals surface area contributed by atoms with Gasteiger partial charge in [-0.2, -0.15) is 5.10 Å². The Bertz CT molecular complexity index is 280. The first-order valence-corrected chi connectivity index (χ1v) is 5.59. The van der Waals surface area contributed by atoms with Crippen LogP contribution in [0.3, 0.4) is 0 Å². The predicted octanol–water partition coefficient (Wildman–Crippen LogP) is 1.75. The van der Waals surface area contributed by atoms with Gasteiger partial charge in [-0.05, 0) is 18.4 Å². The van der Waals surface area contributed by atoms with E-state index in [0.29, 0.717) is 0 Å². The maximum atomic E-state index is 5.56. The van der Waals surface area contributed by atoms with E-state index in [4.69, 9.17) is 5.84 Å². The quantitative estimate of drug-likeness (QED) is 0.555. The van der Waals surface area contributed by atoms with Crippen molar-refractivity contribution in [2.24, 2.45) is 18.8 Å². The molecule has 0 aromatic carbocycles. The topological polar surface area (TPSA) is 55.9 Å². The molecule has 1 atom stereocenters. The van der Waals surface area contributed by atoms with Crippen LogP contribution in [0.15, 0.2) is 12.3 Å². The van der Waals surface area contributed by atoms with Gasteiger partial charge in [-0.25, -0.2) is 0 Å². The van der Waals surface area contributed by atoms with Crippen molar-refractivity contribution in [1.29, 1.82) is 0 Å². The molecule has 0 saturated heterocycles. The Labute approximate surface area is 91.8 Å². The number of rotatable bonds is 6. The van der Waals surface area contributed by atoms with Gasteiger partial charge in [0.1, 0.15) is 0 Å². The monoisotopic (exact) mass is 210 g/mol. The first kappa shape index (κ1) is 12.2. The van der Waals surface area contributed by atoms with Gasteiger partial charge in [-0.15, -0.1) is 0 Å². The zero-order valence-corrected chi connectivity index (χ0v) is 9.90. The Hall–Kier alpha value is -0.870. The van der Waals surface area contributed by atoms with Crippen molar-refractivity contribution < 1.29 is 0 Å². The summed E-state index contributed by atoms with van der Waals surface area (Å²) in [5.74, 6) is 6.32. The molecule has 86 valence electrons. The van der Waals surface area contributed by atoms with Crippen LogP contribution < -0.4 is 11.3 Å². The average Bonchev–Trinajstić information content (AvgIpc) is 2.59. The first-order valence-electron chi connectivity index (χ1n) is 5.59. The van der Waals surface area contributed by atoms with E-state index in [9.17, 15) is 0 Å². The summed E-state index contributed by atoms with van der Waals surface area (Å²) in [6, 6.07) is 2.23. The number of nitrogens with zero attached hydrogens (tertiary/aromatic N) is 2. The summed E-state index contributed by atoms with van der Waals surface area (Å²) in [5, 5.41) is 4.15. The highest BCUT2D eigenvalue weighted by Gasteiger charge is 2.12. The van der Waals surface area contributed by atoms with Crippen molar-refractivity contribution in [2.75, 3.05) is 0 Å². The zero-order valence-electron chi connectivity index (χ0n) is 9.90. The van der Waals surface area contributed by atoms with E-state index < -0.39 is 0 Å². The van der Waals surface area contributed by atoms with E-state index in [1.54, 1.807) is 0 Å². The molecule has 0 radical (unpaired) electrons. The van der Waals surface area contributed by atoms with Crippen LogP contribution >= 0.6 is 0 Å². The lowest BCUT2D eigenvalue weighted by Gasteiger charge is -2.16. The summed E-state index contributed by atoms with van der Waals surface area (Å²) in [7, 11) is 1.95. The van der Waals surface area contributed by atoms with E-state index in [2.05, 4.69) is 24.4 Å². The van der Waals surface area contributed by atoms with E-state index in [-0.39, 0.29) is 6.04 Å². The van der Waals surface area contributed by atoms with Crippen LogP contribution in [-0.2, 0) is 7.05 Å². The van der Waals surface area contributed by atoms with Gasteiger partial charge >= 0.3 is 0 Å². The van der Waals surface area contributed by atoms with Crippen LogP contribution in [0.2, 0.25) is 0 Å². The summed E-state index contributed by atoms with van der Waals surface area (Å²) in [6.07, 6.45) is 5.31. The van der Waals surface area contributed by atoms with Gasteiger partial charge in [0.25, 0.3) is 0 Å². The van der Waals surface area contributed by atoms with Crippen LogP contribution in [0.1, 0.15) is 44.8 Å². The highest BCUT2D eigenvalue weighted by atomic mass is 15.3.